The lowest BCUT2D eigenvalue weighted by Gasteiger charge is -2.09. The second-order valence-corrected chi connectivity index (χ2v) is 4.63. The zero-order chi connectivity index (χ0) is 17.5. The zero-order valence-electron chi connectivity index (χ0n) is 12.4. The van der Waals surface area contributed by atoms with Crippen LogP contribution >= 0.6 is 0 Å². The molecular weight excluding hydrogens is 314 g/mol. The van der Waals surface area contributed by atoms with Gasteiger partial charge in [0, 0.05) is 0 Å². The summed E-state index contributed by atoms with van der Waals surface area (Å²) in [7, 11) is 0. The van der Waals surface area contributed by atoms with Crippen LogP contribution in [-0.4, -0.2) is 29.9 Å². The molecule has 0 unspecified atom stereocenters. The molecule has 0 spiro atoms. The standard InChI is InChI=1S/C17H13NO6/c18-13(16(21)23-14(19)11-7-3-1-4-8-11)17(22)24-15(20)12-9-5-2-6-10-12/h1-10,13H,18H2. The predicted octanol–water partition coefficient (Wildman–Crippen LogP) is 1.08. The molecule has 0 aliphatic heterocycles. The third kappa shape index (κ3) is 4.34. The fourth-order valence-electron chi connectivity index (χ4n) is 1.67. The van der Waals surface area contributed by atoms with Gasteiger partial charge in [-0.25, -0.2) is 19.2 Å². The minimum absolute atomic E-state index is 0.117. The Morgan fingerprint density at radius 1 is 0.667 bits per heavy atom. The number of esters is 4. The summed E-state index contributed by atoms with van der Waals surface area (Å²) in [4.78, 5) is 46.8. The van der Waals surface area contributed by atoms with Crippen LogP contribution in [0.2, 0.25) is 0 Å². The van der Waals surface area contributed by atoms with Gasteiger partial charge in [0.1, 0.15) is 0 Å². The lowest BCUT2D eigenvalue weighted by Crippen LogP contribution is -2.42. The molecule has 122 valence electrons. The Labute approximate surface area is 137 Å². The molecule has 0 amide bonds. The van der Waals surface area contributed by atoms with E-state index >= 15 is 0 Å². The number of rotatable bonds is 4. The highest BCUT2D eigenvalue weighted by Crippen LogP contribution is 2.05. The number of benzene rings is 2. The normalized spacial score (nSPS) is 10.1. The van der Waals surface area contributed by atoms with E-state index in [1.807, 2.05) is 0 Å². The molecule has 0 atom stereocenters. The van der Waals surface area contributed by atoms with Crippen LogP contribution in [0.4, 0.5) is 0 Å². The number of hydrogen-bond donors (Lipinski definition) is 1. The van der Waals surface area contributed by atoms with Gasteiger partial charge in [-0.15, -0.1) is 0 Å². The number of carbonyl (C=O) groups excluding carboxylic acids is 4. The number of nitrogens with two attached hydrogens (primary N) is 1. The van der Waals surface area contributed by atoms with Crippen molar-refractivity contribution in [1.82, 2.24) is 0 Å². The number of carbonyl (C=O) groups is 4. The summed E-state index contributed by atoms with van der Waals surface area (Å²) in [6.07, 6.45) is 0. The molecule has 2 rings (SSSR count). The van der Waals surface area contributed by atoms with Crippen molar-refractivity contribution in [1.29, 1.82) is 0 Å². The molecule has 0 aromatic heterocycles. The maximum Gasteiger partial charge on any atom is 0.345 e. The van der Waals surface area contributed by atoms with Crippen LogP contribution < -0.4 is 5.73 Å². The lowest BCUT2D eigenvalue weighted by atomic mass is 10.2. The molecule has 0 saturated heterocycles. The Kier molecular flexibility index (Phi) is 5.54. The van der Waals surface area contributed by atoms with Gasteiger partial charge in [0.05, 0.1) is 11.1 Å². The summed E-state index contributed by atoms with van der Waals surface area (Å²) in [5, 5.41) is 0. The monoisotopic (exact) mass is 327 g/mol. The van der Waals surface area contributed by atoms with Crippen molar-refractivity contribution >= 4 is 23.9 Å². The maximum absolute atomic E-state index is 11.7. The van der Waals surface area contributed by atoms with Crippen LogP contribution in [0.15, 0.2) is 60.7 Å². The van der Waals surface area contributed by atoms with E-state index in [4.69, 9.17) is 5.73 Å². The molecule has 7 heteroatoms. The Morgan fingerprint density at radius 2 is 1.00 bits per heavy atom. The fraction of sp³-hybridized carbons (Fsp3) is 0.0588. The van der Waals surface area contributed by atoms with E-state index in [2.05, 4.69) is 9.47 Å². The van der Waals surface area contributed by atoms with Crippen LogP contribution in [0.1, 0.15) is 20.7 Å². The average molecular weight is 327 g/mol. The highest BCUT2D eigenvalue weighted by molar-refractivity contribution is 6.09. The van der Waals surface area contributed by atoms with Crippen molar-refractivity contribution in [2.45, 2.75) is 6.04 Å². The van der Waals surface area contributed by atoms with Crippen LogP contribution in [0.5, 0.6) is 0 Å². The topological polar surface area (TPSA) is 113 Å². The van der Waals surface area contributed by atoms with Gasteiger partial charge < -0.3 is 15.2 Å². The van der Waals surface area contributed by atoms with E-state index in [1.165, 1.54) is 24.3 Å². The lowest BCUT2D eigenvalue weighted by molar-refractivity contribution is -0.150. The van der Waals surface area contributed by atoms with Gasteiger partial charge in [-0.1, -0.05) is 36.4 Å². The summed E-state index contributed by atoms with van der Waals surface area (Å²) >= 11 is 0. The first-order chi connectivity index (χ1) is 11.5. The van der Waals surface area contributed by atoms with E-state index in [-0.39, 0.29) is 11.1 Å². The molecule has 0 heterocycles. The van der Waals surface area contributed by atoms with Gasteiger partial charge in [-0.3, -0.25) is 0 Å². The molecular formula is C17H13NO6. The Bertz CT molecular complexity index is 692. The Morgan fingerprint density at radius 3 is 1.33 bits per heavy atom. The third-order valence-electron chi connectivity index (χ3n) is 2.91. The highest BCUT2D eigenvalue weighted by Gasteiger charge is 2.30. The minimum atomic E-state index is -1.91. The van der Waals surface area contributed by atoms with Crippen molar-refractivity contribution in [3.8, 4) is 0 Å². The van der Waals surface area contributed by atoms with Gasteiger partial charge in [-0.2, -0.15) is 0 Å². The Hall–Kier alpha value is -3.32. The first-order valence-corrected chi connectivity index (χ1v) is 6.87. The second-order valence-electron chi connectivity index (χ2n) is 4.63. The molecule has 0 aliphatic carbocycles. The third-order valence-corrected chi connectivity index (χ3v) is 2.91. The Balaban J connectivity index is 1.94. The van der Waals surface area contributed by atoms with E-state index < -0.39 is 29.9 Å². The largest absolute Gasteiger partial charge is 0.388 e. The van der Waals surface area contributed by atoms with Gasteiger partial charge in [-0.05, 0) is 24.3 Å². The van der Waals surface area contributed by atoms with E-state index in [9.17, 15) is 19.2 Å². The SMILES string of the molecule is NC(C(=O)OC(=O)c1ccccc1)C(=O)OC(=O)c1ccccc1. The van der Waals surface area contributed by atoms with Gasteiger partial charge in [0.25, 0.3) is 0 Å². The van der Waals surface area contributed by atoms with Gasteiger partial charge in [0.2, 0.25) is 6.04 Å². The fourth-order valence-corrected chi connectivity index (χ4v) is 1.67. The molecule has 2 aromatic rings. The summed E-state index contributed by atoms with van der Waals surface area (Å²) in [5.74, 6) is -4.54. The molecule has 0 aliphatic rings. The smallest absolute Gasteiger partial charge is 0.345 e. The predicted molar refractivity (Wildman–Crippen MR) is 81.7 cm³/mol. The molecule has 7 nitrogen and oxygen atoms in total. The van der Waals surface area contributed by atoms with Gasteiger partial charge >= 0.3 is 23.9 Å². The average Bonchev–Trinajstić information content (AvgIpc) is 2.62. The van der Waals surface area contributed by atoms with Crippen molar-refractivity contribution in [2.75, 3.05) is 0 Å². The molecule has 2 aromatic carbocycles. The molecule has 0 fully saturated rings. The minimum Gasteiger partial charge on any atom is -0.388 e. The first kappa shape index (κ1) is 17.0. The van der Waals surface area contributed by atoms with Crippen molar-refractivity contribution in [3.05, 3.63) is 71.8 Å². The quantitative estimate of drug-likeness (QED) is 0.660. The molecule has 0 bridgehead atoms. The van der Waals surface area contributed by atoms with E-state index in [1.54, 1.807) is 36.4 Å². The summed E-state index contributed by atoms with van der Waals surface area (Å²) in [5.41, 5.74) is 5.59. The van der Waals surface area contributed by atoms with Gasteiger partial charge in [0.15, 0.2) is 0 Å². The molecule has 0 radical (unpaired) electrons. The number of ether oxygens (including phenoxy) is 2. The van der Waals surface area contributed by atoms with Crippen LogP contribution in [0.3, 0.4) is 0 Å². The maximum atomic E-state index is 11.7. The molecule has 24 heavy (non-hydrogen) atoms. The van der Waals surface area contributed by atoms with Crippen LogP contribution in [0, 0.1) is 0 Å². The summed E-state index contributed by atoms with van der Waals surface area (Å²) < 4.78 is 8.98. The van der Waals surface area contributed by atoms with E-state index in [0.29, 0.717) is 0 Å². The number of hydrogen-bond acceptors (Lipinski definition) is 7. The molecule has 0 saturated carbocycles. The van der Waals surface area contributed by atoms with Crippen molar-refractivity contribution < 1.29 is 28.7 Å². The summed E-state index contributed by atoms with van der Waals surface area (Å²) in [6.45, 7) is 0. The summed E-state index contributed by atoms with van der Waals surface area (Å²) in [6, 6.07) is 13.5. The van der Waals surface area contributed by atoms with Crippen LogP contribution in [0.25, 0.3) is 0 Å². The molecule has 2 N–H and O–H groups in total. The van der Waals surface area contributed by atoms with Crippen molar-refractivity contribution in [2.24, 2.45) is 5.73 Å². The first-order valence-electron chi connectivity index (χ1n) is 6.87. The van der Waals surface area contributed by atoms with Crippen molar-refractivity contribution in [3.63, 3.8) is 0 Å². The second kappa shape index (κ2) is 7.80. The highest BCUT2D eigenvalue weighted by atomic mass is 16.6. The van der Waals surface area contributed by atoms with Crippen LogP contribution in [-0.2, 0) is 19.1 Å². The zero-order valence-corrected chi connectivity index (χ0v) is 12.4. The van der Waals surface area contributed by atoms with E-state index in [0.717, 1.165) is 0 Å².